The second kappa shape index (κ2) is 12.0. The molecule has 198 valence electrons. The molecule has 1 fully saturated rings. The minimum atomic E-state index is -3.82. The predicted octanol–water partition coefficient (Wildman–Crippen LogP) is 3.82. The van der Waals surface area contributed by atoms with Crippen LogP contribution in [0, 0.1) is 5.92 Å². The standard InChI is InChI=1S/C25H33ClN2O7S/c1-6-35-21-10-9-19(14-20(21)26)36(30,31)28-11-7-8-18(16-28)25(29)27(2)15-17-12-22(32-3)24(34-5)23(13-17)33-4/h9-10,12-14,18H,6-8,11,15-16H2,1-5H3/t18-/m1/s1. The summed E-state index contributed by atoms with van der Waals surface area (Å²) in [6.07, 6.45) is 1.19. The first-order valence-corrected chi connectivity index (χ1v) is 13.4. The molecule has 0 radical (unpaired) electrons. The van der Waals surface area contributed by atoms with Gasteiger partial charge in [0.05, 0.1) is 43.8 Å². The zero-order chi connectivity index (χ0) is 26.5. The SMILES string of the molecule is CCOc1ccc(S(=O)(=O)N2CCC[C@@H](C(=O)N(C)Cc3cc(OC)c(OC)c(OC)c3)C2)cc1Cl. The number of hydrogen-bond donors (Lipinski definition) is 0. The molecule has 1 heterocycles. The van der Waals surface area contributed by atoms with Crippen LogP contribution in [0.15, 0.2) is 35.2 Å². The molecule has 1 aliphatic heterocycles. The molecule has 0 aliphatic carbocycles. The molecule has 0 N–H and O–H groups in total. The van der Waals surface area contributed by atoms with Gasteiger partial charge in [-0.15, -0.1) is 0 Å². The van der Waals surface area contributed by atoms with Gasteiger partial charge in [0.25, 0.3) is 0 Å². The van der Waals surface area contributed by atoms with E-state index in [0.717, 1.165) is 5.56 Å². The van der Waals surface area contributed by atoms with Gasteiger partial charge in [0.2, 0.25) is 21.7 Å². The number of methoxy groups -OCH3 is 3. The lowest BCUT2D eigenvalue weighted by molar-refractivity contribution is -0.135. The van der Waals surface area contributed by atoms with Gasteiger partial charge in [0.1, 0.15) is 5.75 Å². The summed E-state index contributed by atoms with van der Waals surface area (Å²) in [6.45, 7) is 2.99. The molecule has 0 aromatic heterocycles. The Morgan fingerprint density at radius 2 is 1.75 bits per heavy atom. The monoisotopic (exact) mass is 540 g/mol. The molecule has 1 atom stereocenters. The molecule has 0 spiro atoms. The topological polar surface area (TPSA) is 94.6 Å². The number of halogens is 1. The minimum Gasteiger partial charge on any atom is -0.493 e. The molecule has 0 unspecified atom stereocenters. The zero-order valence-corrected chi connectivity index (χ0v) is 22.8. The van der Waals surface area contributed by atoms with Crippen LogP contribution in [0.1, 0.15) is 25.3 Å². The lowest BCUT2D eigenvalue weighted by Gasteiger charge is -2.33. The number of sulfonamides is 1. The normalized spacial score (nSPS) is 16.3. The Morgan fingerprint density at radius 1 is 1.08 bits per heavy atom. The highest BCUT2D eigenvalue weighted by molar-refractivity contribution is 7.89. The van der Waals surface area contributed by atoms with Crippen molar-refractivity contribution in [3.63, 3.8) is 0 Å². The first-order valence-electron chi connectivity index (χ1n) is 11.6. The number of carbonyl (C=O) groups excluding carboxylic acids is 1. The molecule has 0 bridgehead atoms. The predicted molar refractivity (Wildman–Crippen MR) is 137 cm³/mol. The summed E-state index contributed by atoms with van der Waals surface area (Å²) < 4.78 is 49.5. The van der Waals surface area contributed by atoms with E-state index in [9.17, 15) is 13.2 Å². The van der Waals surface area contributed by atoms with Crippen LogP contribution in [0.4, 0.5) is 0 Å². The van der Waals surface area contributed by atoms with Gasteiger partial charge in [-0.1, -0.05) is 11.6 Å². The summed E-state index contributed by atoms with van der Waals surface area (Å²) in [7, 11) is 2.47. The van der Waals surface area contributed by atoms with Crippen molar-refractivity contribution < 1.29 is 32.2 Å². The largest absolute Gasteiger partial charge is 0.493 e. The van der Waals surface area contributed by atoms with Crippen LogP contribution in [0.5, 0.6) is 23.0 Å². The van der Waals surface area contributed by atoms with Crippen LogP contribution in [0.25, 0.3) is 0 Å². The van der Waals surface area contributed by atoms with E-state index in [2.05, 4.69) is 0 Å². The van der Waals surface area contributed by atoms with Crippen LogP contribution in [-0.4, -0.2) is 71.6 Å². The third kappa shape index (κ3) is 5.99. The molecule has 2 aromatic rings. The van der Waals surface area contributed by atoms with Gasteiger partial charge < -0.3 is 23.8 Å². The fourth-order valence-corrected chi connectivity index (χ4v) is 6.17. The number of hydrogen-bond acceptors (Lipinski definition) is 7. The number of carbonyl (C=O) groups is 1. The summed E-state index contributed by atoms with van der Waals surface area (Å²) in [5, 5.41) is 0.229. The van der Waals surface area contributed by atoms with Gasteiger partial charge >= 0.3 is 0 Å². The van der Waals surface area contributed by atoms with Crippen LogP contribution < -0.4 is 18.9 Å². The van der Waals surface area contributed by atoms with Gasteiger partial charge in [-0.05, 0) is 55.7 Å². The minimum absolute atomic E-state index is 0.0785. The number of nitrogens with zero attached hydrogens (tertiary/aromatic N) is 2. The Labute approximate surface area is 217 Å². The number of ether oxygens (including phenoxy) is 4. The quantitative estimate of drug-likeness (QED) is 0.452. The van der Waals surface area contributed by atoms with Crippen molar-refractivity contribution in [1.29, 1.82) is 0 Å². The number of piperidine rings is 1. The third-order valence-corrected chi connectivity index (χ3v) is 8.25. The second-order valence-corrected chi connectivity index (χ2v) is 10.8. The molecule has 36 heavy (non-hydrogen) atoms. The van der Waals surface area contributed by atoms with E-state index in [1.54, 1.807) is 30.1 Å². The second-order valence-electron chi connectivity index (χ2n) is 8.46. The Bertz CT molecular complexity index is 1160. The molecule has 9 nitrogen and oxygen atoms in total. The molecule has 3 rings (SSSR count). The van der Waals surface area contributed by atoms with Crippen molar-refractivity contribution in [3.8, 4) is 23.0 Å². The highest BCUT2D eigenvalue weighted by Gasteiger charge is 2.35. The van der Waals surface area contributed by atoms with Crippen molar-refractivity contribution in [2.24, 2.45) is 5.92 Å². The van der Waals surface area contributed by atoms with E-state index in [0.29, 0.717) is 55.5 Å². The Hall–Kier alpha value is -2.69. The summed E-state index contributed by atoms with van der Waals surface area (Å²) in [4.78, 5) is 15.0. The highest BCUT2D eigenvalue weighted by atomic mass is 35.5. The van der Waals surface area contributed by atoms with E-state index in [1.165, 1.54) is 37.8 Å². The fraction of sp³-hybridized carbons (Fsp3) is 0.480. The number of benzene rings is 2. The molecular weight excluding hydrogens is 508 g/mol. The fourth-order valence-electron chi connectivity index (χ4n) is 4.32. The van der Waals surface area contributed by atoms with Crippen LogP contribution >= 0.6 is 11.6 Å². The van der Waals surface area contributed by atoms with E-state index >= 15 is 0 Å². The van der Waals surface area contributed by atoms with Gasteiger partial charge in [-0.2, -0.15) is 4.31 Å². The summed E-state index contributed by atoms with van der Waals surface area (Å²) in [6, 6.07) is 8.01. The molecule has 0 saturated carbocycles. The first kappa shape index (κ1) is 27.9. The van der Waals surface area contributed by atoms with Gasteiger partial charge in [-0.25, -0.2) is 8.42 Å². The molecule has 1 aliphatic rings. The summed E-state index contributed by atoms with van der Waals surface area (Å²) in [5.74, 6) is 1.30. The van der Waals surface area contributed by atoms with Crippen LogP contribution in [0.3, 0.4) is 0 Å². The van der Waals surface area contributed by atoms with Gasteiger partial charge in [0, 0.05) is 26.7 Å². The van der Waals surface area contributed by atoms with E-state index in [4.69, 9.17) is 30.5 Å². The van der Waals surface area contributed by atoms with E-state index < -0.39 is 15.9 Å². The average molecular weight is 541 g/mol. The number of rotatable bonds is 10. The van der Waals surface area contributed by atoms with Gasteiger partial charge in [-0.3, -0.25) is 4.79 Å². The Kier molecular flexibility index (Phi) is 9.32. The third-order valence-electron chi connectivity index (χ3n) is 6.09. The first-order chi connectivity index (χ1) is 17.2. The Morgan fingerprint density at radius 3 is 2.31 bits per heavy atom. The van der Waals surface area contributed by atoms with E-state index in [-0.39, 0.29) is 22.4 Å². The van der Waals surface area contributed by atoms with Gasteiger partial charge in [0.15, 0.2) is 11.5 Å². The van der Waals surface area contributed by atoms with E-state index in [1.807, 2.05) is 6.92 Å². The zero-order valence-electron chi connectivity index (χ0n) is 21.2. The molecule has 1 amide bonds. The van der Waals surface area contributed by atoms with Crippen LogP contribution in [-0.2, 0) is 21.4 Å². The molecule has 2 aromatic carbocycles. The molecule has 11 heteroatoms. The average Bonchev–Trinajstić information content (AvgIpc) is 2.88. The lowest BCUT2D eigenvalue weighted by Crippen LogP contribution is -2.45. The van der Waals surface area contributed by atoms with Crippen molar-refractivity contribution in [1.82, 2.24) is 9.21 Å². The smallest absolute Gasteiger partial charge is 0.243 e. The number of amides is 1. The maximum atomic E-state index is 13.3. The summed E-state index contributed by atoms with van der Waals surface area (Å²) >= 11 is 6.22. The maximum absolute atomic E-state index is 13.3. The highest BCUT2D eigenvalue weighted by Crippen LogP contribution is 2.38. The summed E-state index contributed by atoms with van der Waals surface area (Å²) in [5.41, 5.74) is 0.796. The molecular formula is C25H33ClN2O7S. The van der Waals surface area contributed by atoms with Crippen molar-refractivity contribution >= 4 is 27.5 Å². The van der Waals surface area contributed by atoms with Crippen molar-refractivity contribution in [3.05, 3.63) is 40.9 Å². The lowest BCUT2D eigenvalue weighted by atomic mass is 9.98. The van der Waals surface area contributed by atoms with Crippen molar-refractivity contribution in [2.45, 2.75) is 31.2 Å². The maximum Gasteiger partial charge on any atom is 0.243 e. The van der Waals surface area contributed by atoms with Crippen molar-refractivity contribution in [2.75, 3.05) is 48.1 Å². The molecule has 1 saturated heterocycles. The Balaban J connectivity index is 1.74. The van der Waals surface area contributed by atoms with Crippen LogP contribution in [0.2, 0.25) is 5.02 Å².